The fourth-order valence-electron chi connectivity index (χ4n) is 4.07. The van der Waals surface area contributed by atoms with Crippen LogP contribution in [-0.4, -0.2) is 29.9 Å². The molecule has 0 saturated heterocycles. The Morgan fingerprint density at radius 3 is 2.23 bits per heavy atom. The van der Waals surface area contributed by atoms with Crippen LogP contribution in [0.3, 0.4) is 0 Å². The van der Waals surface area contributed by atoms with E-state index >= 15 is 0 Å². The van der Waals surface area contributed by atoms with Crippen LogP contribution in [0.5, 0.6) is 5.75 Å². The van der Waals surface area contributed by atoms with Gasteiger partial charge in [0.25, 0.3) is 5.91 Å². The summed E-state index contributed by atoms with van der Waals surface area (Å²) in [4.78, 5) is 29.2. The molecule has 0 N–H and O–H groups in total. The third-order valence-electron chi connectivity index (χ3n) is 5.56. The van der Waals surface area contributed by atoms with Gasteiger partial charge in [0.1, 0.15) is 12.3 Å². The molecular weight excluding hydrogens is 444 g/mol. The van der Waals surface area contributed by atoms with E-state index in [1.807, 2.05) is 41.3 Å². The smallest absolute Gasteiger partial charge is 0.265 e. The highest BCUT2D eigenvalue weighted by molar-refractivity contribution is 9.10. The lowest BCUT2D eigenvalue weighted by molar-refractivity contribution is -0.133. The molecule has 0 bridgehead atoms. The van der Waals surface area contributed by atoms with Crippen LogP contribution in [0.15, 0.2) is 71.2 Å². The van der Waals surface area contributed by atoms with E-state index in [1.54, 1.807) is 6.07 Å². The van der Waals surface area contributed by atoms with Crippen molar-refractivity contribution in [1.82, 2.24) is 4.90 Å². The Morgan fingerprint density at radius 1 is 0.933 bits per heavy atom. The Morgan fingerprint density at radius 2 is 1.57 bits per heavy atom. The molecule has 3 aromatic rings. The van der Waals surface area contributed by atoms with E-state index < -0.39 is 0 Å². The summed E-state index contributed by atoms with van der Waals surface area (Å²) in [5.74, 6) is 0.294. The molecule has 0 radical (unpaired) electrons. The quantitative estimate of drug-likeness (QED) is 0.567. The zero-order valence-electron chi connectivity index (χ0n) is 16.2. The number of benzene rings is 3. The number of hydrogen-bond acceptors (Lipinski definition) is 3. The van der Waals surface area contributed by atoms with Crippen molar-refractivity contribution in [2.75, 3.05) is 18.1 Å². The van der Waals surface area contributed by atoms with Crippen molar-refractivity contribution in [3.05, 3.63) is 82.3 Å². The van der Waals surface area contributed by atoms with Gasteiger partial charge in [-0.05, 0) is 40.5 Å². The van der Waals surface area contributed by atoms with Gasteiger partial charge >= 0.3 is 0 Å². The number of nitrogens with zero attached hydrogens (tertiary/aromatic N) is 2. The van der Waals surface area contributed by atoms with Gasteiger partial charge in [0, 0.05) is 17.6 Å². The zero-order valence-corrected chi connectivity index (χ0v) is 17.8. The van der Waals surface area contributed by atoms with Crippen molar-refractivity contribution in [2.45, 2.75) is 13.1 Å². The van der Waals surface area contributed by atoms with Gasteiger partial charge < -0.3 is 9.64 Å². The average Bonchev–Trinajstić information content (AvgIpc) is 2.93. The molecule has 0 fully saturated rings. The number of amides is 2. The lowest BCUT2D eigenvalue weighted by Crippen LogP contribution is -2.46. The normalized spacial score (nSPS) is 14.9. The van der Waals surface area contributed by atoms with Gasteiger partial charge in [0.2, 0.25) is 5.91 Å². The molecule has 0 atom stereocenters. The molecule has 2 heterocycles. The number of rotatable bonds is 2. The van der Waals surface area contributed by atoms with E-state index in [0.29, 0.717) is 24.5 Å². The fourth-order valence-corrected chi connectivity index (χ4v) is 4.41. The van der Waals surface area contributed by atoms with Crippen LogP contribution in [-0.2, 0) is 22.7 Å². The second-order valence-corrected chi connectivity index (χ2v) is 8.36. The largest absolute Gasteiger partial charge is 0.482 e. The number of carbonyl (C=O) groups is 2. The van der Waals surface area contributed by atoms with Gasteiger partial charge in [0.15, 0.2) is 6.61 Å². The van der Waals surface area contributed by atoms with E-state index in [9.17, 15) is 9.59 Å². The van der Waals surface area contributed by atoms with Crippen LogP contribution in [0, 0.1) is 0 Å². The van der Waals surface area contributed by atoms with Crippen LogP contribution >= 0.6 is 15.9 Å². The Bertz CT molecular complexity index is 1110. The monoisotopic (exact) mass is 462 g/mol. The molecule has 0 aliphatic carbocycles. The molecule has 5 nitrogen and oxygen atoms in total. The summed E-state index contributed by atoms with van der Waals surface area (Å²) >= 11 is 3.42. The predicted octanol–water partition coefficient (Wildman–Crippen LogP) is 4.38. The number of halogens is 1. The first-order valence-electron chi connectivity index (χ1n) is 9.77. The van der Waals surface area contributed by atoms with Crippen molar-refractivity contribution in [1.29, 1.82) is 0 Å². The second kappa shape index (κ2) is 7.61. The third kappa shape index (κ3) is 3.37. The summed E-state index contributed by atoms with van der Waals surface area (Å²) in [6.45, 7) is 0.939. The van der Waals surface area contributed by atoms with Crippen LogP contribution in [0.4, 0.5) is 5.69 Å². The second-order valence-electron chi connectivity index (χ2n) is 7.44. The maximum atomic E-state index is 13.3. The molecule has 0 spiro atoms. The Labute approximate surface area is 183 Å². The van der Waals surface area contributed by atoms with Gasteiger partial charge in [0.05, 0.1) is 5.69 Å². The minimum absolute atomic E-state index is 0.0127. The Balaban J connectivity index is 1.46. The third-order valence-corrected chi connectivity index (χ3v) is 6.05. The van der Waals surface area contributed by atoms with Crippen molar-refractivity contribution in [2.24, 2.45) is 0 Å². The Kier molecular flexibility index (Phi) is 4.79. The van der Waals surface area contributed by atoms with Gasteiger partial charge in [-0.25, -0.2) is 0 Å². The molecule has 0 unspecified atom stereocenters. The molecule has 30 heavy (non-hydrogen) atoms. The first-order valence-corrected chi connectivity index (χ1v) is 10.6. The molecule has 0 saturated carbocycles. The van der Waals surface area contributed by atoms with E-state index in [-0.39, 0.29) is 25.0 Å². The summed E-state index contributed by atoms with van der Waals surface area (Å²) in [6.07, 6.45) is 0. The maximum Gasteiger partial charge on any atom is 0.265 e. The molecule has 2 amide bonds. The highest BCUT2D eigenvalue weighted by Crippen LogP contribution is 2.35. The molecule has 3 aromatic carbocycles. The number of ether oxygens (including phenoxy) is 1. The van der Waals surface area contributed by atoms with Gasteiger partial charge in [-0.2, -0.15) is 0 Å². The summed E-state index contributed by atoms with van der Waals surface area (Å²) in [5.41, 5.74) is 5.14. The zero-order chi connectivity index (χ0) is 20.7. The lowest BCUT2D eigenvalue weighted by atomic mass is 9.97. The topological polar surface area (TPSA) is 49.9 Å². The highest BCUT2D eigenvalue weighted by Gasteiger charge is 2.30. The highest BCUT2D eigenvalue weighted by atomic mass is 79.9. The van der Waals surface area contributed by atoms with Gasteiger partial charge in [-0.1, -0.05) is 64.5 Å². The van der Waals surface area contributed by atoms with Crippen LogP contribution < -0.4 is 9.64 Å². The van der Waals surface area contributed by atoms with Crippen LogP contribution in [0.25, 0.3) is 11.1 Å². The predicted molar refractivity (Wildman–Crippen MR) is 118 cm³/mol. The minimum atomic E-state index is -0.214. The maximum absolute atomic E-state index is 13.3. The van der Waals surface area contributed by atoms with Crippen molar-refractivity contribution < 1.29 is 14.3 Å². The summed E-state index contributed by atoms with van der Waals surface area (Å²) < 4.78 is 6.40. The molecule has 6 heteroatoms. The molecule has 0 aromatic heterocycles. The van der Waals surface area contributed by atoms with Crippen LogP contribution in [0.2, 0.25) is 0 Å². The van der Waals surface area contributed by atoms with Crippen molar-refractivity contribution in [3.63, 3.8) is 0 Å². The lowest BCUT2D eigenvalue weighted by Gasteiger charge is -2.31. The SMILES string of the molecule is O=C(CN1C(=O)COc2cc(Br)ccc21)N1Cc2ccccc2-c2ccccc2C1. The fraction of sp³-hybridized carbons (Fsp3) is 0.167. The summed E-state index contributed by atoms with van der Waals surface area (Å²) in [6, 6.07) is 21.8. The number of anilines is 1. The van der Waals surface area contributed by atoms with Gasteiger partial charge in [-0.3, -0.25) is 14.5 Å². The molecule has 2 aliphatic heterocycles. The van der Waals surface area contributed by atoms with E-state index in [1.165, 1.54) is 4.90 Å². The van der Waals surface area contributed by atoms with Crippen molar-refractivity contribution >= 4 is 33.4 Å². The van der Waals surface area contributed by atoms with E-state index in [4.69, 9.17) is 4.74 Å². The van der Waals surface area contributed by atoms with Crippen LogP contribution in [0.1, 0.15) is 11.1 Å². The van der Waals surface area contributed by atoms with E-state index in [0.717, 1.165) is 26.7 Å². The standard InChI is InChI=1S/C24H19BrN2O3/c25-18-9-10-21-22(11-18)30-15-24(29)27(21)14-23(28)26-12-16-5-1-3-7-19(16)20-8-4-2-6-17(20)13-26/h1-11H,12-15H2. The number of carbonyl (C=O) groups excluding carboxylic acids is 2. The number of hydrogen-bond donors (Lipinski definition) is 0. The summed E-state index contributed by atoms with van der Waals surface area (Å²) in [7, 11) is 0. The minimum Gasteiger partial charge on any atom is -0.482 e. The first kappa shape index (κ1) is 18.9. The molecule has 2 aliphatic rings. The molecular formula is C24H19BrN2O3. The average molecular weight is 463 g/mol. The van der Waals surface area contributed by atoms with Crippen molar-refractivity contribution in [3.8, 4) is 16.9 Å². The Hall–Kier alpha value is -3.12. The van der Waals surface area contributed by atoms with Gasteiger partial charge in [-0.15, -0.1) is 0 Å². The summed E-state index contributed by atoms with van der Waals surface area (Å²) in [5, 5.41) is 0. The first-order chi connectivity index (χ1) is 14.6. The molecule has 5 rings (SSSR count). The number of fused-ring (bicyclic) bond motifs is 4. The van der Waals surface area contributed by atoms with E-state index in [2.05, 4.69) is 40.2 Å². The molecule has 150 valence electrons.